The molecule has 2 aromatic rings. The molecule has 1 atom stereocenters. The second-order valence-corrected chi connectivity index (χ2v) is 6.85. The summed E-state index contributed by atoms with van der Waals surface area (Å²) in [6.45, 7) is 2.26. The molecular weight excluding hydrogens is 286 g/mol. The standard InChI is InChI=1S/C15H19N3O2S/c1-15(9-19,10-6-7-10)18-14(20)16-8-13-17-11-4-2-3-5-12(11)21-13/h2-5,10,19H,6-9H2,1H3,(H2,16,18,20). The molecule has 1 aliphatic carbocycles. The zero-order valence-electron chi connectivity index (χ0n) is 11.9. The lowest BCUT2D eigenvalue weighted by molar-refractivity contribution is 0.155. The van der Waals surface area contributed by atoms with E-state index in [0.717, 1.165) is 28.1 Å². The molecule has 0 spiro atoms. The van der Waals surface area contributed by atoms with Crippen LogP contribution in [-0.4, -0.2) is 28.3 Å². The van der Waals surface area contributed by atoms with E-state index in [-0.39, 0.29) is 12.6 Å². The molecule has 3 rings (SSSR count). The van der Waals surface area contributed by atoms with Crippen molar-refractivity contribution in [3.63, 3.8) is 0 Å². The van der Waals surface area contributed by atoms with E-state index in [1.807, 2.05) is 31.2 Å². The van der Waals surface area contributed by atoms with E-state index in [9.17, 15) is 9.90 Å². The van der Waals surface area contributed by atoms with Crippen LogP contribution >= 0.6 is 11.3 Å². The summed E-state index contributed by atoms with van der Waals surface area (Å²) in [7, 11) is 0. The average molecular weight is 305 g/mol. The minimum atomic E-state index is -0.516. The Morgan fingerprint density at radius 3 is 2.90 bits per heavy atom. The van der Waals surface area contributed by atoms with E-state index < -0.39 is 5.54 Å². The molecule has 5 nitrogen and oxygen atoms in total. The van der Waals surface area contributed by atoms with Gasteiger partial charge in [-0.05, 0) is 37.8 Å². The molecule has 1 fully saturated rings. The first kappa shape index (κ1) is 14.3. The molecule has 1 saturated carbocycles. The Morgan fingerprint density at radius 1 is 1.48 bits per heavy atom. The normalized spacial score (nSPS) is 17.4. The molecule has 0 aliphatic heterocycles. The number of aliphatic hydroxyl groups excluding tert-OH is 1. The molecule has 1 unspecified atom stereocenters. The number of urea groups is 1. The van der Waals surface area contributed by atoms with E-state index in [2.05, 4.69) is 15.6 Å². The first-order chi connectivity index (χ1) is 10.1. The number of carbonyl (C=O) groups is 1. The predicted molar refractivity (Wildman–Crippen MR) is 83.2 cm³/mol. The van der Waals surface area contributed by atoms with Crippen LogP contribution in [0.5, 0.6) is 0 Å². The number of aliphatic hydroxyl groups is 1. The highest BCUT2D eigenvalue weighted by atomic mass is 32.1. The molecule has 2 amide bonds. The SMILES string of the molecule is CC(CO)(NC(=O)NCc1nc2ccccc2s1)C1CC1. The molecule has 0 saturated heterocycles. The number of para-hydroxylation sites is 1. The van der Waals surface area contributed by atoms with Gasteiger partial charge in [0.05, 0.1) is 28.9 Å². The van der Waals surface area contributed by atoms with Crippen molar-refractivity contribution in [2.24, 2.45) is 5.92 Å². The molecule has 1 aromatic carbocycles. The topological polar surface area (TPSA) is 74.2 Å². The van der Waals surface area contributed by atoms with Crippen LogP contribution in [0.25, 0.3) is 10.2 Å². The van der Waals surface area contributed by atoms with Gasteiger partial charge in [-0.25, -0.2) is 9.78 Å². The maximum atomic E-state index is 12.0. The van der Waals surface area contributed by atoms with E-state index in [4.69, 9.17) is 0 Å². The summed E-state index contributed by atoms with van der Waals surface area (Å²) in [4.78, 5) is 16.5. The number of amides is 2. The fraction of sp³-hybridized carbons (Fsp3) is 0.467. The van der Waals surface area contributed by atoms with Crippen molar-refractivity contribution < 1.29 is 9.90 Å². The molecule has 1 heterocycles. The monoisotopic (exact) mass is 305 g/mol. The van der Waals surface area contributed by atoms with E-state index >= 15 is 0 Å². The second-order valence-electron chi connectivity index (χ2n) is 5.73. The van der Waals surface area contributed by atoms with Crippen LogP contribution in [-0.2, 0) is 6.54 Å². The van der Waals surface area contributed by atoms with Gasteiger partial charge in [0, 0.05) is 0 Å². The van der Waals surface area contributed by atoms with Gasteiger partial charge in [-0.2, -0.15) is 0 Å². The summed E-state index contributed by atoms with van der Waals surface area (Å²) >= 11 is 1.58. The van der Waals surface area contributed by atoms with Crippen molar-refractivity contribution in [2.75, 3.05) is 6.61 Å². The summed E-state index contributed by atoms with van der Waals surface area (Å²) in [6, 6.07) is 7.66. The molecule has 1 aliphatic rings. The Morgan fingerprint density at radius 2 is 2.24 bits per heavy atom. The van der Waals surface area contributed by atoms with E-state index in [1.54, 1.807) is 11.3 Å². The van der Waals surface area contributed by atoms with Gasteiger partial charge >= 0.3 is 6.03 Å². The zero-order chi connectivity index (χ0) is 14.9. The molecule has 1 aromatic heterocycles. The Kier molecular flexibility index (Phi) is 3.82. The molecule has 0 bridgehead atoms. The van der Waals surface area contributed by atoms with Gasteiger partial charge in [-0.15, -0.1) is 11.3 Å². The summed E-state index contributed by atoms with van der Waals surface area (Å²) in [5.74, 6) is 0.385. The van der Waals surface area contributed by atoms with Crippen LogP contribution in [0.15, 0.2) is 24.3 Å². The molecule has 0 radical (unpaired) electrons. The van der Waals surface area contributed by atoms with Crippen molar-refractivity contribution in [2.45, 2.75) is 31.8 Å². The van der Waals surface area contributed by atoms with E-state index in [0.29, 0.717) is 12.5 Å². The van der Waals surface area contributed by atoms with Gasteiger partial charge < -0.3 is 15.7 Å². The number of carbonyl (C=O) groups excluding carboxylic acids is 1. The third-order valence-corrected chi connectivity index (χ3v) is 4.98. The van der Waals surface area contributed by atoms with Crippen molar-refractivity contribution in [1.29, 1.82) is 0 Å². The number of hydrogen-bond acceptors (Lipinski definition) is 4. The van der Waals surface area contributed by atoms with Crippen LogP contribution < -0.4 is 10.6 Å². The Hall–Kier alpha value is -1.66. The van der Waals surface area contributed by atoms with Gasteiger partial charge in [0.1, 0.15) is 5.01 Å². The Bertz CT molecular complexity index is 620. The summed E-state index contributed by atoms with van der Waals surface area (Å²) < 4.78 is 1.12. The minimum Gasteiger partial charge on any atom is -0.394 e. The molecule has 21 heavy (non-hydrogen) atoms. The first-order valence-electron chi connectivity index (χ1n) is 7.12. The van der Waals surface area contributed by atoms with Crippen molar-refractivity contribution in [3.8, 4) is 0 Å². The van der Waals surface area contributed by atoms with Crippen LogP contribution in [0.2, 0.25) is 0 Å². The molecule has 112 valence electrons. The number of thiazole rings is 1. The van der Waals surface area contributed by atoms with E-state index in [1.165, 1.54) is 0 Å². The summed E-state index contributed by atoms with van der Waals surface area (Å²) in [5, 5.41) is 16.1. The lowest BCUT2D eigenvalue weighted by Crippen LogP contribution is -2.53. The van der Waals surface area contributed by atoms with Crippen LogP contribution in [0.4, 0.5) is 4.79 Å². The third kappa shape index (κ3) is 3.16. The lowest BCUT2D eigenvalue weighted by atomic mass is 9.97. The maximum absolute atomic E-state index is 12.0. The molecule has 6 heteroatoms. The van der Waals surface area contributed by atoms with Gasteiger partial charge in [0.25, 0.3) is 0 Å². The zero-order valence-corrected chi connectivity index (χ0v) is 12.7. The fourth-order valence-corrected chi connectivity index (χ4v) is 3.35. The number of nitrogens with zero attached hydrogens (tertiary/aromatic N) is 1. The smallest absolute Gasteiger partial charge is 0.315 e. The maximum Gasteiger partial charge on any atom is 0.315 e. The summed E-state index contributed by atoms with van der Waals surface area (Å²) in [5.41, 5.74) is 0.440. The van der Waals surface area contributed by atoms with Gasteiger partial charge in [-0.3, -0.25) is 0 Å². The average Bonchev–Trinajstić information content (AvgIpc) is 3.25. The Labute approximate surface area is 127 Å². The molecular formula is C15H19N3O2S. The number of benzene rings is 1. The quantitative estimate of drug-likeness (QED) is 0.793. The minimum absolute atomic E-state index is 0.0355. The predicted octanol–water partition coefficient (Wildman–Crippen LogP) is 2.26. The van der Waals surface area contributed by atoms with Crippen LogP contribution in [0.3, 0.4) is 0 Å². The number of fused-ring (bicyclic) bond motifs is 1. The number of nitrogens with one attached hydrogen (secondary N) is 2. The highest BCUT2D eigenvalue weighted by molar-refractivity contribution is 7.18. The second kappa shape index (κ2) is 5.61. The number of hydrogen-bond donors (Lipinski definition) is 3. The lowest BCUT2D eigenvalue weighted by Gasteiger charge is -2.28. The van der Waals surface area contributed by atoms with Crippen LogP contribution in [0, 0.1) is 5.92 Å². The third-order valence-electron chi connectivity index (χ3n) is 3.94. The highest BCUT2D eigenvalue weighted by Gasteiger charge is 2.42. The molecule has 3 N–H and O–H groups in total. The van der Waals surface area contributed by atoms with Crippen molar-refractivity contribution in [1.82, 2.24) is 15.6 Å². The van der Waals surface area contributed by atoms with Crippen LogP contribution in [0.1, 0.15) is 24.8 Å². The highest BCUT2D eigenvalue weighted by Crippen LogP contribution is 2.39. The summed E-state index contributed by atoms with van der Waals surface area (Å²) in [6.07, 6.45) is 2.13. The first-order valence-corrected chi connectivity index (χ1v) is 7.94. The number of aromatic nitrogens is 1. The largest absolute Gasteiger partial charge is 0.394 e. The van der Waals surface area contributed by atoms with Gasteiger partial charge in [0.2, 0.25) is 0 Å². The van der Waals surface area contributed by atoms with Gasteiger partial charge in [-0.1, -0.05) is 12.1 Å². The number of rotatable bonds is 5. The Balaban J connectivity index is 1.58. The van der Waals surface area contributed by atoms with Gasteiger partial charge in [0.15, 0.2) is 0 Å². The fourth-order valence-electron chi connectivity index (χ4n) is 2.45. The van der Waals surface area contributed by atoms with Crippen molar-refractivity contribution >= 4 is 27.6 Å². The van der Waals surface area contributed by atoms with Crippen molar-refractivity contribution in [3.05, 3.63) is 29.3 Å².